The second-order valence-electron chi connectivity index (χ2n) is 2.67. The van der Waals surface area contributed by atoms with Gasteiger partial charge in [0.1, 0.15) is 5.75 Å². The Bertz CT molecular complexity index is 448. The zero-order valence-corrected chi connectivity index (χ0v) is 9.37. The first-order valence-electron chi connectivity index (χ1n) is 3.99. The van der Waals surface area contributed by atoms with Gasteiger partial charge >= 0.3 is 0 Å². The highest BCUT2D eigenvalue weighted by atomic mass is 35.5. The number of rotatable bonds is 2. The van der Waals surface area contributed by atoms with Gasteiger partial charge in [0.2, 0.25) is 5.96 Å². The summed E-state index contributed by atoms with van der Waals surface area (Å²) < 4.78 is 0. The summed E-state index contributed by atoms with van der Waals surface area (Å²) in [5.41, 5.74) is 6.97. The van der Waals surface area contributed by atoms with E-state index in [0.717, 1.165) is 0 Å². The monoisotopic (exact) mass is 262 g/mol. The number of nitrogens with one attached hydrogen (secondary N) is 1. The van der Waals surface area contributed by atoms with Crippen LogP contribution in [0.1, 0.15) is 5.56 Å². The summed E-state index contributed by atoms with van der Waals surface area (Å²) in [6.07, 6.45) is 1.19. The van der Waals surface area contributed by atoms with E-state index >= 15 is 0 Å². The van der Waals surface area contributed by atoms with Crippen molar-refractivity contribution < 1.29 is 10.3 Å². The van der Waals surface area contributed by atoms with Gasteiger partial charge in [0.25, 0.3) is 0 Å². The minimum atomic E-state index is -0.288. The van der Waals surface area contributed by atoms with Gasteiger partial charge in [-0.05, 0) is 12.1 Å². The highest BCUT2D eigenvalue weighted by Crippen LogP contribution is 2.29. The molecular weight excluding hydrogens is 255 g/mol. The summed E-state index contributed by atoms with van der Waals surface area (Å²) in [7, 11) is 0. The molecule has 0 aliphatic carbocycles. The van der Waals surface area contributed by atoms with Crippen LogP contribution in [0.4, 0.5) is 0 Å². The molecule has 0 radical (unpaired) electrons. The van der Waals surface area contributed by atoms with E-state index in [2.05, 4.69) is 10.2 Å². The van der Waals surface area contributed by atoms with Crippen LogP contribution < -0.4 is 11.2 Å². The number of halogens is 2. The van der Waals surface area contributed by atoms with Gasteiger partial charge in [-0.25, -0.2) is 5.48 Å². The molecule has 0 saturated heterocycles. The van der Waals surface area contributed by atoms with Crippen LogP contribution >= 0.6 is 23.2 Å². The zero-order chi connectivity index (χ0) is 12.1. The molecule has 0 heterocycles. The number of hydrogen-bond acceptors (Lipinski definition) is 4. The quantitative estimate of drug-likeness (QED) is 0.367. The minimum Gasteiger partial charge on any atom is -0.506 e. The minimum absolute atomic E-state index is 0.103. The van der Waals surface area contributed by atoms with E-state index in [-0.39, 0.29) is 22.3 Å². The fourth-order valence-electron chi connectivity index (χ4n) is 0.860. The molecule has 0 aliphatic heterocycles. The summed E-state index contributed by atoms with van der Waals surface area (Å²) in [4.78, 5) is 0. The summed E-state index contributed by atoms with van der Waals surface area (Å²) in [5.74, 6) is -0.454. The molecular formula is C8H8Cl2N4O2. The summed E-state index contributed by atoms with van der Waals surface area (Å²) >= 11 is 11.4. The molecule has 1 aromatic rings. The van der Waals surface area contributed by atoms with Crippen molar-refractivity contribution in [2.24, 2.45) is 15.9 Å². The lowest BCUT2D eigenvalue weighted by molar-refractivity contribution is 0.232. The van der Waals surface area contributed by atoms with E-state index in [9.17, 15) is 5.11 Å². The van der Waals surface area contributed by atoms with E-state index in [1.54, 1.807) is 5.48 Å². The van der Waals surface area contributed by atoms with Crippen molar-refractivity contribution in [1.29, 1.82) is 0 Å². The van der Waals surface area contributed by atoms with Crippen molar-refractivity contribution in [2.75, 3.05) is 0 Å². The highest BCUT2D eigenvalue weighted by molar-refractivity contribution is 6.36. The Labute approximate surface area is 101 Å². The molecule has 0 unspecified atom stereocenters. The second kappa shape index (κ2) is 5.55. The standard InChI is InChI=1S/C8H8Cl2N4O2/c9-5-1-4(7(15)6(10)2-5)3-12-13-8(11)14-16/h1-3,15-16H,(H3,11,13,14). The van der Waals surface area contributed by atoms with Crippen LogP contribution in [0, 0.1) is 0 Å². The Balaban J connectivity index is 2.97. The van der Waals surface area contributed by atoms with Gasteiger partial charge in [0.05, 0.1) is 11.2 Å². The number of guanidine groups is 1. The van der Waals surface area contributed by atoms with Gasteiger partial charge in [-0.15, -0.1) is 5.10 Å². The summed E-state index contributed by atoms with van der Waals surface area (Å²) in [6, 6.07) is 2.84. The predicted octanol–water partition coefficient (Wildman–Crippen LogP) is 1.33. The molecule has 0 bridgehead atoms. The molecule has 86 valence electrons. The molecule has 0 aliphatic rings. The molecule has 0 spiro atoms. The van der Waals surface area contributed by atoms with Gasteiger partial charge in [-0.3, -0.25) is 5.21 Å². The third-order valence-electron chi connectivity index (χ3n) is 1.53. The topological polar surface area (TPSA) is 103 Å². The Hall–Kier alpha value is -1.50. The van der Waals surface area contributed by atoms with E-state index in [1.165, 1.54) is 18.3 Å². The first kappa shape index (κ1) is 12.6. The van der Waals surface area contributed by atoms with Gasteiger partial charge < -0.3 is 10.8 Å². The molecule has 6 nitrogen and oxygen atoms in total. The average molecular weight is 263 g/mol. The van der Waals surface area contributed by atoms with Crippen LogP contribution in [0.25, 0.3) is 0 Å². The Morgan fingerprint density at radius 2 is 2.12 bits per heavy atom. The van der Waals surface area contributed by atoms with Crippen molar-refractivity contribution in [2.45, 2.75) is 0 Å². The maximum absolute atomic E-state index is 9.52. The number of aromatic hydroxyl groups is 1. The summed E-state index contributed by atoms with van der Waals surface area (Å²) in [5, 5.41) is 25.1. The van der Waals surface area contributed by atoms with Gasteiger partial charge in [0, 0.05) is 10.6 Å². The van der Waals surface area contributed by atoms with Gasteiger partial charge in [-0.2, -0.15) is 5.10 Å². The van der Waals surface area contributed by atoms with Crippen LogP contribution in [-0.2, 0) is 0 Å². The van der Waals surface area contributed by atoms with Crippen LogP contribution in [0.5, 0.6) is 5.75 Å². The fourth-order valence-corrected chi connectivity index (χ4v) is 1.37. The molecule has 1 aromatic carbocycles. The second-order valence-corrected chi connectivity index (χ2v) is 3.51. The van der Waals surface area contributed by atoms with Crippen LogP contribution in [0.15, 0.2) is 22.3 Å². The molecule has 8 heteroatoms. The number of benzene rings is 1. The average Bonchev–Trinajstić information content (AvgIpc) is 2.24. The molecule has 16 heavy (non-hydrogen) atoms. The number of nitrogens with zero attached hydrogens (tertiary/aromatic N) is 2. The lowest BCUT2D eigenvalue weighted by Crippen LogP contribution is -2.27. The predicted molar refractivity (Wildman–Crippen MR) is 62.3 cm³/mol. The van der Waals surface area contributed by atoms with Crippen molar-refractivity contribution in [3.8, 4) is 5.75 Å². The number of hydroxylamine groups is 1. The van der Waals surface area contributed by atoms with Crippen molar-refractivity contribution in [1.82, 2.24) is 5.48 Å². The van der Waals surface area contributed by atoms with E-state index in [0.29, 0.717) is 5.02 Å². The maximum atomic E-state index is 9.52. The first-order valence-corrected chi connectivity index (χ1v) is 4.74. The van der Waals surface area contributed by atoms with Gasteiger partial charge in [-0.1, -0.05) is 23.2 Å². The van der Waals surface area contributed by atoms with Crippen molar-refractivity contribution >= 4 is 35.4 Å². The van der Waals surface area contributed by atoms with Crippen molar-refractivity contribution in [3.05, 3.63) is 27.7 Å². The Morgan fingerprint density at radius 1 is 1.44 bits per heavy atom. The normalized spacial score (nSPS) is 12.1. The number of nitrogens with two attached hydrogens (primary N) is 1. The third-order valence-corrected chi connectivity index (χ3v) is 2.04. The fraction of sp³-hybridized carbons (Fsp3) is 0. The van der Waals surface area contributed by atoms with Gasteiger partial charge in [0.15, 0.2) is 0 Å². The smallest absolute Gasteiger partial charge is 0.237 e. The lowest BCUT2D eigenvalue weighted by Gasteiger charge is -2.01. The molecule has 5 N–H and O–H groups in total. The third kappa shape index (κ3) is 3.27. The van der Waals surface area contributed by atoms with E-state index < -0.39 is 0 Å². The number of hydrogen-bond donors (Lipinski definition) is 4. The molecule has 0 fully saturated rings. The maximum Gasteiger partial charge on any atom is 0.237 e. The van der Waals surface area contributed by atoms with E-state index in [1.807, 2.05) is 0 Å². The molecule has 0 saturated carbocycles. The Kier molecular flexibility index (Phi) is 4.36. The SMILES string of the molecule is N/C(=N\N=Cc1cc(Cl)cc(Cl)c1O)NO. The Morgan fingerprint density at radius 3 is 2.75 bits per heavy atom. The van der Waals surface area contributed by atoms with Crippen LogP contribution in [-0.4, -0.2) is 22.5 Å². The number of phenols is 1. The van der Waals surface area contributed by atoms with Crippen molar-refractivity contribution in [3.63, 3.8) is 0 Å². The molecule has 1 rings (SSSR count). The first-order chi connectivity index (χ1) is 7.54. The highest BCUT2D eigenvalue weighted by Gasteiger charge is 2.05. The molecule has 0 aromatic heterocycles. The molecule has 0 amide bonds. The largest absolute Gasteiger partial charge is 0.506 e. The number of phenolic OH excluding ortho intramolecular Hbond substituents is 1. The zero-order valence-electron chi connectivity index (χ0n) is 7.85. The van der Waals surface area contributed by atoms with E-state index in [4.69, 9.17) is 34.1 Å². The van der Waals surface area contributed by atoms with Crippen LogP contribution in [0.3, 0.4) is 0 Å². The molecule has 0 atom stereocenters. The van der Waals surface area contributed by atoms with Crippen LogP contribution in [0.2, 0.25) is 10.0 Å². The summed E-state index contributed by atoms with van der Waals surface area (Å²) in [6.45, 7) is 0. The lowest BCUT2D eigenvalue weighted by atomic mass is 10.2.